The number of hydrogen-bond acceptors (Lipinski definition) is 3. The first-order valence-electron chi connectivity index (χ1n) is 9.45. The van der Waals surface area contributed by atoms with Crippen LogP contribution in [0.1, 0.15) is 46.5 Å². The van der Waals surface area contributed by atoms with Gasteiger partial charge in [0.2, 0.25) is 0 Å². The lowest BCUT2D eigenvalue weighted by atomic mass is 9.98. The molecule has 2 rings (SSSR count). The molecule has 0 saturated carbocycles. The van der Waals surface area contributed by atoms with Gasteiger partial charge in [-0.2, -0.15) is 0 Å². The van der Waals surface area contributed by atoms with Gasteiger partial charge in [0.05, 0.1) is 6.10 Å². The molecule has 0 radical (unpaired) electrons. The monoisotopic (exact) mass is 324 g/mol. The summed E-state index contributed by atoms with van der Waals surface area (Å²) in [5, 5.41) is 3.59. The van der Waals surface area contributed by atoms with Gasteiger partial charge in [0.15, 0.2) is 5.96 Å². The highest BCUT2D eigenvalue weighted by Gasteiger charge is 2.23. The van der Waals surface area contributed by atoms with Crippen LogP contribution < -0.4 is 5.32 Å². The zero-order valence-electron chi connectivity index (χ0n) is 15.6. The lowest BCUT2D eigenvalue weighted by Crippen LogP contribution is -2.51. The maximum absolute atomic E-state index is 5.74. The number of aliphatic imine (C=N–C) groups is 1. The highest BCUT2D eigenvalue weighted by atomic mass is 16.5. The van der Waals surface area contributed by atoms with Gasteiger partial charge in [-0.15, -0.1) is 0 Å². The van der Waals surface area contributed by atoms with Crippen LogP contribution in [0.25, 0.3) is 0 Å². The molecule has 23 heavy (non-hydrogen) atoms. The first-order valence-corrected chi connectivity index (χ1v) is 9.45. The van der Waals surface area contributed by atoms with Gasteiger partial charge in [-0.25, -0.2) is 0 Å². The fourth-order valence-electron chi connectivity index (χ4n) is 3.64. The predicted octanol–water partition coefficient (Wildman–Crippen LogP) is 2.18. The van der Waals surface area contributed by atoms with E-state index < -0.39 is 0 Å². The number of nitrogens with one attached hydrogen (secondary N) is 1. The van der Waals surface area contributed by atoms with Crippen molar-refractivity contribution >= 4 is 5.96 Å². The summed E-state index contributed by atoms with van der Waals surface area (Å²) in [5.41, 5.74) is 0. The van der Waals surface area contributed by atoms with E-state index in [-0.39, 0.29) is 0 Å². The Hall–Kier alpha value is -0.810. The summed E-state index contributed by atoms with van der Waals surface area (Å²) in [6, 6.07) is 0.570. The number of hydrogen-bond donors (Lipinski definition) is 1. The highest BCUT2D eigenvalue weighted by Crippen LogP contribution is 2.18. The van der Waals surface area contributed by atoms with E-state index in [0.29, 0.717) is 12.1 Å². The van der Waals surface area contributed by atoms with Gasteiger partial charge in [-0.1, -0.05) is 6.92 Å². The van der Waals surface area contributed by atoms with E-state index in [1.54, 1.807) is 0 Å². The van der Waals surface area contributed by atoms with Gasteiger partial charge in [-0.3, -0.25) is 9.89 Å². The molecule has 2 aliphatic heterocycles. The molecule has 2 saturated heterocycles. The summed E-state index contributed by atoms with van der Waals surface area (Å²) < 4.78 is 5.74. The molecule has 0 aliphatic carbocycles. The molecule has 0 amide bonds. The summed E-state index contributed by atoms with van der Waals surface area (Å²) in [4.78, 5) is 9.47. The van der Waals surface area contributed by atoms with Crippen LogP contribution in [0.4, 0.5) is 0 Å². The van der Waals surface area contributed by atoms with Crippen molar-refractivity contribution in [2.45, 2.75) is 58.6 Å². The minimum Gasteiger partial charge on any atom is -0.378 e. The van der Waals surface area contributed by atoms with Gasteiger partial charge in [0, 0.05) is 39.3 Å². The van der Waals surface area contributed by atoms with Gasteiger partial charge >= 0.3 is 0 Å². The lowest BCUT2D eigenvalue weighted by molar-refractivity contribution is 0.0263. The zero-order chi connectivity index (χ0) is 16.7. The van der Waals surface area contributed by atoms with Crippen LogP contribution >= 0.6 is 0 Å². The number of nitrogens with zero attached hydrogens (tertiary/aromatic N) is 3. The Morgan fingerprint density at radius 1 is 1.17 bits per heavy atom. The summed E-state index contributed by atoms with van der Waals surface area (Å²) in [6.07, 6.45) is 5.32. The third-order valence-corrected chi connectivity index (χ3v) is 5.35. The molecule has 0 aromatic rings. The van der Waals surface area contributed by atoms with Crippen LogP contribution in [0.2, 0.25) is 0 Å². The Morgan fingerprint density at radius 3 is 2.39 bits per heavy atom. The van der Waals surface area contributed by atoms with Crippen LogP contribution in [0.3, 0.4) is 0 Å². The second kappa shape index (κ2) is 9.48. The fourth-order valence-corrected chi connectivity index (χ4v) is 3.64. The van der Waals surface area contributed by atoms with Crippen molar-refractivity contribution in [2.24, 2.45) is 10.9 Å². The van der Waals surface area contributed by atoms with E-state index in [9.17, 15) is 0 Å². The van der Waals surface area contributed by atoms with Crippen LogP contribution in [0.15, 0.2) is 4.99 Å². The number of rotatable bonds is 5. The largest absolute Gasteiger partial charge is 0.378 e. The van der Waals surface area contributed by atoms with Crippen molar-refractivity contribution in [1.82, 2.24) is 15.1 Å². The van der Waals surface area contributed by atoms with Crippen molar-refractivity contribution in [1.29, 1.82) is 0 Å². The van der Waals surface area contributed by atoms with Crippen molar-refractivity contribution in [3.63, 3.8) is 0 Å². The van der Waals surface area contributed by atoms with Crippen molar-refractivity contribution in [2.75, 3.05) is 46.4 Å². The number of piperidine rings is 2. The maximum atomic E-state index is 5.74. The highest BCUT2D eigenvalue weighted by molar-refractivity contribution is 5.80. The van der Waals surface area contributed by atoms with E-state index in [1.165, 1.54) is 25.9 Å². The minimum absolute atomic E-state index is 0.434. The van der Waals surface area contributed by atoms with Crippen molar-refractivity contribution in [3.05, 3.63) is 0 Å². The average Bonchev–Trinajstić information content (AvgIpc) is 2.57. The van der Waals surface area contributed by atoms with Crippen LogP contribution in [-0.2, 0) is 4.74 Å². The minimum atomic E-state index is 0.434. The molecule has 1 atom stereocenters. The standard InChI is InChI=1S/C18H36N4O/c1-5-23-17-8-12-22(13-9-17)18(19-4)20-14-16(3)21-10-6-15(2)7-11-21/h15-17H,5-14H2,1-4H3,(H,19,20). The van der Waals surface area contributed by atoms with Crippen LogP contribution in [0.5, 0.6) is 0 Å². The molecule has 2 aliphatic rings. The molecule has 1 unspecified atom stereocenters. The second-order valence-electron chi connectivity index (χ2n) is 7.14. The Kier molecular flexibility index (Phi) is 7.63. The first kappa shape index (κ1) is 18.5. The topological polar surface area (TPSA) is 40.1 Å². The van der Waals surface area contributed by atoms with Crippen molar-refractivity contribution < 1.29 is 4.74 Å². The third kappa shape index (κ3) is 5.64. The van der Waals surface area contributed by atoms with Gasteiger partial charge in [0.1, 0.15) is 0 Å². The van der Waals surface area contributed by atoms with Crippen LogP contribution in [0, 0.1) is 5.92 Å². The number of guanidine groups is 1. The van der Waals surface area contributed by atoms with Crippen molar-refractivity contribution in [3.8, 4) is 0 Å². The molecule has 0 aromatic carbocycles. The molecular formula is C18H36N4O. The molecule has 5 heteroatoms. The lowest BCUT2D eigenvalue weighted by Gasteiger charge is -2.37. The molecule has 0 bridgehead atoms. The Balaban J connectivity index is 1.73. The van der Waals surface area contributed by atoms with Gasteiger partial charge in [0.25, 0.3) is 0 Å². The third-order valence-electron chi connectivity index (χ3n) is 5.35. The molecule has 5 nitrogen and oxygen atoms in total. The Morgan fingerprint density at radius 2 is 1.83 bits per heavy atom. The molecule has 2 heterocycles. The van der Waals surface area contributed by atoms with E-state index in [4.69, 9.17) is 4.74 Å². The molecule has 2 fully saturated rings. The van der Waals surface area contributed by atoms with Gasteiger partial charge < -0.3 is 15.0 Å². The normalized spacial score (nSPS) is 24.0. The number of likely N-dealkylation sites (tertiary alicyclic amines) is 2. The van der Waals surface area contributed by atoms with Crippen LogP contribution in [-0.4, -0.2) is 74.3 Å². The Labute approximate surface area is 142 Å². The van der Waals surface area contributed by atoms with E-state index in [0.717, 1.165) is 51.0 Å². The second-order valence-corrected chi connectivity index (χ2v) is 7.14. The van der Waals surface area contributed by atoms with E-state index in [1.807, 2.05) is 7.05 Å². The molecule has 134 valence electrons. The SMILES string of the molecule is CCOC1CCN(C(=NC)NCC(C)N2CCC(C)CC2)CC1. The quantitative estimate of drug-likeness (QED) is 0.622. The summed E-state index contributed by atoms with van der Waals surface area (Å²) in [5.74, 6) is 1.95. The summed E-state index contributed by atoms with van der Waals surface area (Å²) in [7, 11) is 1.89. The van der Waals surface area contributed by atoms with E-state index in [2.05, 4.69) is 40.9 Å². The molecule has 0 aromatic heterocycles. The Bertz CT molecular complexity index is 358. The smallest absolute Gasteiger partial charge is 0.193 e. The zero-order valence-corrected chi connectivity index (χ0v) is 15.6. The van der Waals surface area contributed by atoms with E-state index >= 15 is 0 Å². The van der Waals surface area contributed by atoms with Gasteiger partial charge in [-0.05, 0) is 58.5 Å². The predicted molar refractivity (Wildman–Crippen MR) is 97.0 cm³/mol. The molecule has 0 spiro atoms. The maximum Gasteiger partial charge on any atom is 0.193 e. The molecule has 1 N–H and O–H groups in total. The average molecular weight is 325 g/mol. The number of ether oxygens (including phenoxy) is 1. The first-order chi connectivity index (χ1) is 11.1. The molecular weight excluding hydrogens is 288 g/mol. The fraction of sp³-hybridized carbons (Fsp3) is 0.944. The summed E-state index contributed by atoms with van der Waals surface area (Å²) in [6.45, 7) is 13.1. The summed E-state index contributed by atoms with van der Waals surface area (Å²) >= 11 is 0.